The summed E-state index contributed by atoms with van der Waals surface area (Å²) in [5.74, 6) is 0.965. The van der Waals surface area contributed by atoms with Gasteiger partial charge in [-0.15, -0.1) is 0 Å². The molecule has 0 atom stereocenters. The van der Waals surface area contributed by atoms with Gasteiger partial charge in [0.05, 0.1) is 15.3 Å². The Kier molecular flexibility index (Phi) is 4.35. The number of hydrogen-bond donors (Lipinski definition) is 2. The third-order valence-electron chi connectivity index (χ3n) is 1.87. The molecule has 0 aliphatic carbocycles. The lowest BCUT2D eigenvalue weighted by molar-refractivity contribution is 0.887. The smallest absolute Gasteiger partial charge is 0.142 e. The van der Waals surface area contributed by atoms with Crippen molar-refractivity contribution < 1.29 is 0 Å². The van der Waals surface area contributed by atoms with E-state index in [9.17, 15) is 0 Å². The van der Waals surface area contributed by atoms with Gasteiger partial charge in [-0.25, -0.2) is 4.98 Å². The normalized spacial score (nSPS) is 10.1. The van der Waals surface area contributed by atoms with E-state index >= 15 is 0 Å². The van der Waals surface area contributed by atoms with Crippen LogP contribution in [0.2, 0.25) is 5.02 Å². The first-order chi connectivity index (χ1) is 7.00. The molecule has 0 spiro atoms. The number of nitrogens with one attached hydrogen (secondary N) is 1. The fourth-order valence-electron chi connectivity index (χ4n) is 1.08. The van der Waals surface area contributed by atoms with Crippen molar-refractivity contribution in [3.8, 4) is 0 Å². The van der Waals surface area contributed by atoms with Crippen LogP contribution in [0.4, 0.5) is 5.82 Å². The number of rotatable bonds is 4. The summed E-state index contributed by atoms with van der Waals surface area (Å²) in [6.07, 6.45) is 2.11. The van der Waals surface area contributed by atoms with Crippen LogP contribution >= 0.6 is 27.5 Å². The monoisotopic (exact) mass is 290 g/mol. The number of nitrogens with two attached hydrogens (primary N) is 1. The van der Waals surface area contributed by atoms with Gasteiger partial charge in [-0.1, -0.05) is 11.6 Å². The fraction of sp³-hybridized carbons (Fsp3) is 0.333. The van der Waals surface area contributed by atoms with E-state index in [0.29, 0.717) is 18.0 Å². The molecule has 1 heterocycles. The van der Waals surface area contributed by atoms with Gasteiger partial charge in [0.15, 0.2) is 0 Å². The van der Waals surface area contributed by atoms with Crippen LogP contribution in [0.5, 0.6) is 0 Å². The van der Waals surface area contributed by atoms with Crippen molar-refractivity contribution in [1.29, 1.82) is 5.41 Å². The molecular weight excluding hydrogens is 279 g/mol. The number of pyridine rings is 1. The van der Waals surface area contributed by atoms with Crippen LogP contribution in [0.3, 0.4) is 0 Å². The third-order valence-corrected chi connectivity index (χ3v) is 2.66. The Bertz CT molecular complexity index is 369. The van der Waals surface area contributed by atoms with Crippen LogP contribution in [0.25, 0.3) is 0 Å². The van der Waals surface area contributed by atoms with Gasteiger partial charge in [-0.05, 0) is 22.0 Å². The summed E-state index contributed by atoms with van der Waals surface area (Å²) in [6, 6.07) is 1.79. The molecule has 0 amide bonds. The predicted octanol–water partition coefficient (Wildman–Crippen LogP) is 2.26. The first kappa shape index (κ1) is 12.3. The lowest BCUT2D eigenvalue weighted by Crippen LogP contribution is -2.24. The van der Waals surface area contributed by atoms with Gasteiger partial charge in [0.2, 0.25) is 0 Å². The Labute approximate surface area is 102 Å². The van der Waals surface area contributed by atoms with Gasteiger partial charge >= 0.3 is 0 Å². The Balaban J connectivity index is 2.73. The highest BCUT2D eigenvalue weighted by Gasteiger charge is 2.07. The number of hydrogen-bond acceptors (Lipinski definition) is 3. The Hall–Kier alpha value is -0.810. The van der Waals surface area contributed by atoms with Crippen molar-refractivity contribution in [2.75, 3.05) is 18.5 Å². The van der Waals surface area contributed by atoms with Gasteiger partial charge in [-0.3, -0.25) is 5.41 Å². The highest BCUT2D eigenvalue weighted by Crippen LogP contribution is 2.25. The van der Waals surface area contributed by atoms with E-state index in [1.54, 1.807) is 12.3 Å². The lowest BCUT2D eigenvalue weighted by atomic mass is 10.3. The first-order valence-electron chi connectivity index (χ1n) is 4.36. The van der Waals surface area contributed by atoms with Crippen LogP contribution < -0.4 is 10.6 Å². The van der Waals surface area contributed by atoms with Crippen molar-refractivity contribution in [1.82, 2.24) is 4.98 Å². The molecule has 0 radical (unpaired) electrons. The van der Waals surface area contributed by atoms with Gasteiger partial charge in [0, 0.05) is 26.2 Å². The average molecular weight is 292 g/mol. The standard InChI is InChI=1S/C9H12BrClN4/c1-15(3-2-8(12)13)9-7(10)4-6(11)5-14-9/h4-5H,2-3H2,1H3,(H3,12,13). The molecular formula is C9H12BrClN4. The fourth-order valence-corrected chi connectivity index (χ4v) is 2.02. The SMILES string of the molecule is CN(CCC(=N)N)c1ncc(Cl)cc1Br. The van der Waals surface area contributed by atoms with Gasteiger partial charge < -0.3 is 10.6 Å². The zero-order chi connectivity index (χ0) is 11.4. The van der Waals surface area contributed by atoms with Gasteiger partial charge in [-0.2, -0.15) is 0 Å². The van der Waals surface area contributed by atoms with Crippen LogP contribution in [0, 0.1) is 5.41 Å². The van der Waals surface area contributed by atoms with Crippen LogP contribution in [0.15, 0.2) is 16.7 Å². The summed E-state index contributed by atoms with van der Waals surface area (Å²) >= 11 is 9.17. The largest absolute Gasteiger partial charge is 0.388 e. The van der Waals surface area contributed by atoms with E-state index in [1.165, 1.54) is 0 Å². The zero-order valence-corrected chi connectivity index (χ0v) is 10.6. The van der Waals surface area contributed by atoms with Crippen molar-refractivity contribution in [3.63, 3.8) is 0 Å². The molecule has 82 valence electrons. The van der Waals surface area contributed by atoms with Crippen molar-refractivity contribution >= 4 is 39.2 Å². The Morgan fingerprint density at radius 3 is 2.93 bits per heavy atom. The van der Waals surface area contributed by atoms with Crippen molar-refractivity contribution in [2.24, 2.45) is 5.73 Å². The van der Waals surface area contributed by atoms with Crippen LogP contribution in [-0.2, 0) is 0 Å². The molecule has 0 aromatic carbocycles. The topological polar surface area (TPSA) is 66.0 Å². The number of aromatic nitrogens is 1. The number of anilines is 1. The van der Waals surface area contributed by atoms with Crippen molar-refractivity contribution in [2.45, 2.75) is 6.42 Å². The molecule has 1 aromatic rings. The first-order valence-corrected chi connectivity index (χ1v) is 5.53. The highest BCUT2D eigenvalue weighted by molar-refractivity contribution is 9.10. The summed E-state index contributed by atoms with van der Waals surface area (Å²) in [7, 11) is 1.89. The molecule has 0 saturated heterocycles. The molecule has 0 bridgehead atoms. The maximum Gasteiger partial charge on any atom is 0.142 e. The summed E-state index contributed by atoms with van der Waals surface area (Å²) in [5.41, 5.74) is 5.28. The van der Waals surface area contributed by atoms with Crippen molar-refractivity contribution in [3.05, 3.63) is 21.8 Å². The lowest BCUT2D eigenvalue weighted by Gasteiger charge is -2.18. The molecule has 0 aliphatic heterocycles. The second kappa shape index (κ2) is 5.32. The zero-order valence-electron chi connectivity index (χ0n) is 8.30. The summed E-state index contributed by atoms with van der Waals surface area (Å²) in [6.45, 7) is 0.655. The molecule has 15 heavy (non-hydrogen) atoms. The van der Waals surface area contributed by atoms with Crippen LogP contribution in [-0.4, -0.2) is 24.4 Å². The van der Waals surface area contributed by atoms with Gasteiger partial charge in [0.1, 0.15) is 5.82 Å². The number of nitrogens with zero attached hydrogens (tertiary/aromatic N) is 2. The van der Waals surface area contributed by atoms with E-state index in [1.807, 2.05) is 11.9 Å². The molecule has 0 unspecified atom stereocenters. The second-order valence-corrected chi connectivity index (χ2v) is 4.45. The Morgan fingerprint density at radius 2 is 2.40 bits per heavy atom. The molecule has 1 aromatic heterocycles. The number of amidine groups is 1. The second-order valence-electron chi connectivity index (χ2n) is 3.16. The summed E-state index contributed by atoms with van der Waals surface area (Å²) in [4.78, 5) is 6.11. The molecule has 0 saturated carbocycles. The molecule has 0 fully saturated rings. The average Bonchev–Trinajstić information content (AvgIpc) is 2.14. The predicted molar refractivity (Wildman–Crippen MR) is 66.7 cm³/mol. The molecule has 0 aliphatic rings. The van der Waals surface area contributed by atoms with E-state index in [2.05, 4.69) is 20.9 Å². The molecule has 3 N–H and O–H groups in total. The minimum absolute atomic E-state index is 0.173. The summed E-state index contributed by atoms with van der Waals surface area (Å²) in [5, 5.41) is 7.72. The molecule has 4 nitrogen and oxygen atoms in total. The van der Waals surface area contributed by atoms with E-state index in [4.69, 9.17) is 22.7 Å². The third kappa shape index (κ3) is 3.68. The Morgan fingerprint density at radius 1 is 1.73 bits per heavy atom. The summed E-state index contributed by atoms with van der Waals surface area (Å²) < 4.78 is 0.834. The maximum atomic E-state index is 7.14. The molecule has 6 heteroatoms. The number of halogens is 2. The van der Waals surface area contributed by atoms with E-state index in [-0.39, 0.29) is 5.84 Å². The highest BCUT2D eigenvalue weighted by atomic mass is 79.9. The van der Waals surface area contributed by atoms with Gasteiger partial charge in [0.25, 0.3) is 0 Å². The molecule has 1 rings (SSSR count). The van der Waals surface area contributed by atoms with E-state index in [0.717, 1.165) is 10.3 Å². The maximum absolute atomic E-state index is 7.14. The van der Waals surface area contributed by atoms with Crippen LogP contribution in [0.1, 0.15) is 6.42 Å². The minimum atomic E-state index is 0.173. The van der Waals surface area contributed by atoms with E-state index < -0.39 is 0 Å². The quantitative estimate of drug-likeness (QED) is 0.660. The minimum Gasteiger partial charge on any atom is -0.388 e.